The van der Waals surface area contributed by atoms with E-state index in [1.165, 1.54) is 0 Å². The Morgan fingerprint density at radius 3 is 2.67 bits per heavy atom. The maximum atomic E-state index is 11.9. The van der Waals surface area contributed by atoms with E-state index >= 15 is 0 Å². The maximum absolute atomic E-state index is 11.9. The fraction of sp³-hybridized carbons (Fsp3) is 0.429. The molecular weight excluding hydrogens is 248 g/mol. The number of carbonyl (C=O) groups is 1. The van der Waals surface area contributed by atoms with E-state index in [4.69, 9.17) is 16.9 Å². The van der Waals surface area contributed by atoms with E-state index in [1.807, 2.05) is 6.07 Å². The highest BCUT2D eigenvalue weighted by Crippen LogP contribution is 2.28. The second kappa shape index (κ2) is 5.88. The van der Waals surface area contributed by atoms with E-state index < -0.39 is 0 Å². The number of nitriles is 1. The highest BCUT2D eigenvalue weighted by molar-refractivity contribution is 6.20. The Bertz CT molecular complexity index is 464. The fourth-order valence-corrected chi connectivity index (χ4v) is 2.61. The smallest absolute Gasteiger partial charge is 0.251 e. The van der Waals surface area contributed by atoms with Crippen LogP contribution in [-0.4, -0.2) is 17.8 Å². The summed E-state index contributed by atoms with van der Waals surface area (Å²) in [6, 6.07) is 8.68. The normalized spacial score (nSPS) is 22.4. The van der Waals surface area contributed by atoms with Gasteiger partial charge in [-0.25, -0.2) is 0 Å². The molecule has 2 unspecified atom stereocenters. The van der Waals surface area contributed by atoms with E-state index in [2.05, 4.69) is 5.32 Å². The molecular formula is C14H15ClN2O. The molecule has 0 heterocycles. The number of alkyl halides is 1. The van der Waals surface area contributed by atoms with Gasteiger partial charge in [0.15, 0.2) is 0 Å². The van der Waals surface area contributed by atoms with Crippen molar-refractivity contribution in [2.24, 2.45) is 5.92 Å². The Hall–Kier alpha value is -1.53. The molecule has 1 aliphatic carbocycles. The predicted molar refractivity (Wildman–Crippen MR) is 70.5 cm³/mol. The summed E-state index contributed by atoms with van der Waals surface area (Å²) in [6.45, 7) is 0.683. The molecule has 94 valence electrons. The molecule has 1 aromatic carbocycles. The Morgan fingerprint density at radius 1 is 1.39 bits per heavy atom. The van der Waals surface area contributed by atoms with Crippen molar-refractivity contribution in [2.75, 3.05) is 6.54 Å². The molecule has 2 atom stereocenters. The van der Waals surface area contributed by atoms with Gasteiger partial charge in [-0.15, -0.1) is 11.6 Å². The van der Waals surface area contributed by atoms with Gasteiger partial charge in [0.2, 0.25) is 0 Å². The van der Waals surface area contributed by atoms with Crippen LogP contribution in [0.1, 0.15) is 35.2 Å². The minimum atomic E-state index is -0.0856. The Balaban J connectivity index is 1.86. The average Bonchev–Trinajstić information content (AvgIpc) is 2.82. The number of hydrogen-bond acceptors (Lipinski definition) is 2. The third kappa shape index (κ3) is 3.24. The quantitative estimate of drug-likeness (QED) is 0.852. The molecule has 0 aliphatic heterocycles. The van der Waals surface area contributed by atoms with Gasteiger partial charge < -0.3 is 5.32 Å². The van der Waals surface area contributed by atoms with Crippen LogP contribution < -0.4 is 5.32 Å². The summed E-state index contributed by atoms with van der Waals surface area (Å²) in [6.07, 6.45) is 3.11. The van der Waals surface area contributed by atoms with Gasteiger partial charge in [0.25, 0.3) is 5.91 Å². The van der Waals surface area contributed by atoms with Crippen molar-refractivity contribution in [1.29, 1.82) is 5.26 Å². The Labute approximate surface area is 112 Å². The third-order valence-electron chi connectivity index (χ3n) is 3.30. The zero-order chi connectivity index (χ0) is 13.0. The summed E-state index contributed by atoms with van der Waals surface area (Å²) in [5.74, 6) is 0.410. The minimum Gasteiger partial charge on any atom is -0.352 e. The molecule has 0 bridgehead atoms. The van der Waals surface area contributed by atoms with Crippen LogP contribution in [0.4, 0.5) is 0 Å². The summed E-state index contributed by atoms with van der Waals surface area (Å²) < 4.78 is 0. The second-order valence-corrected chi connectivity index (χ2v) is 5.29. The van der Waals surface area contributed by atoms with E-state index in [9.17, 15) is 4.79 Å². The molecule has 4 heteroatoms. The van der Waals surface area contributed by atoms with E-state index in [0.29, 0.717) is 23.6 Å². The van der Waals surface area contributed by atoms with Gasteiger partial charge >= 0.3 is 0 Å². The molecule has 1 aliphatic rings. The lowest BCUT2D eigenvalue weighted by Gasteiger charge is -2.10. The summed E-state index contributed by atoms with van der Waals surface area (Å²) in [5.41, 5.74) is 1.15. The van der Waals surface area contributed by atoms with Crippen molar-refractivity contribution in [2.45, 2.75) is 24.6 Å². The predicted octanol–water partition coefficient (Wildman–Crippen LogP) is 2.70. The van der Waals surface area contributed by atoms with Crippen LogP contribution in [-0.2, 0) is 0 Å². The summed E-state index contributed by atoms with van der Waals surface area (Å²) in [4.78, 5) is 11.9. The molecule has 1 fully saturated rings. The van der Waals surface area contributed by atoms with Gasteiger partial charge in [-0.1, -0.05) is 0 Å². The number of nitrogens with zero attached hydrogens (tertiary/aromatic N) is 1. The van der Waals surface area contributed by atoms with Gasteiger partial charge in [0.05, 0.1) is 11.6 Å². The fourth-order valence-electron chi connectivity index (χ4n) is 2.23. The van der Waals surface area contributed by atoms with Crippen LogP contribution in [0.5, 0.6) is 0 Å². The second-order valence-electron chi connectivity index (χ2n) is 4.68. The zero-order valence-electron chi connectivity index (χ0n) is 10.0. The van der Waals surface area contributed by atoms with Gasteiger partial charge in [-0.2, -0.15) is 5.26 Å². The number of nitrogens with one attached hydrogen (secondary N) is 1. The van der Waals surface area contributed by atoms with E-state index in [-0.39, 0.29) is 11.3 Å². The largest absolute Gasteiger partial charge is 0.352 e. The molecule has 1 amide bonds. The van der Waals surface area contributed by atoms with Gasteiger partial charge in [-0.05, 0) is 49.4 Å². The molecule has 0 saturated heterocycles. The number of hydrogen-bond donors (Lipinski definition) is 1. The van der Waals surface area contributed by atoms with Crippen molar-refractivity contribution in [3.05, 3.63) is 35.4 Å². The average molecular weight is 263 g/mol. The SMILES string of the molecule is N#Cc1ccc(C(=O)NCC2CCC(Cl)C2)cc1. The van der Waals surface area contributed by atoms with Crippen molar-refractivity contribution in [3.8, 4) is 6.07 Å². The first-order valence-electron chi connectivity index (χ1n) is 6.11. The van der Waals surface area contributed by atoms with Crippen LogP contribution in [0.25, 0.3) is 0 Å². The van der Waals surface area contributed by atoms with Gasteiger partial charge in [-0.3, -0.25) is 4.79 Å². The van der Waals surface area contributed by atoms with Gasteiger partial charge in [0.1, 0.15) is 0 Å². The highest BCUT2D eigenvalue weighted by Gasteiger charge is 2.23. The monoisotopic (exact) mass is 262 g/mol. The molecule has 1 saturated carbocycles. The van der Waals surface area contributed by atoms with Crippen LogP contribution in [0.15, 0.2) is 24.3 Å². The van der Waals surface area contributed by atoms with Crippen LogP contribution >= 0.6 is 11.6 Å². The molecule has 1 N–H and O–H groups in total. The van der Waals surface area contributed by atoms with Crippen LogP contribution in [0, 0.1) is 17.2 Å². The molecule has 0 aromatic heterocycles. The number of amides is 1. The highest BCUT2D eigenvalue weighted by atomic mass is 35.5. The molecule has 1 aromatic rings. The minimum absolute atomic E-state index is 0.0856. The summed E-state index contributed by atoms with van der Waals surface area (Å²) >= 11 is 6.03. The lowest BCUT2D eigenvalue weighted by molar-refractivity contribution is 0.0947. The van der Waals surface area contributed by atoms with Crippen molar-refractivity contribution in [3.63, 3.8) is 0 Å². The number of benzene rings is 1. The topological polar surface area (TPSA) is 52.9 Å². The van der Waals surface area contributed by atoms with Crippen LogP contribution in [0.3, 0.4) is 0 Å². The maximum Gasteiger partial charge on any atom is 0.251 e. The van der Waals surface area contributed by atoms with Crippen molar-refractivity contribution >= 4 is 17.5 Å². The standard InChI is InChI=1S/C14H15ClN2O/c15-13-6-3-11(7-13)9-17-14(18)12-4-1-10(8-16)2-5-12/h1-2,4-5,11,13H,3,6-7,9H2,(H,17,18). The molecule has 18 heavy (non-hydrogen) atoms. The van der Waals surface area contributed by atoms with Crippen LogP contribution in [0.2, 0.25) is 0 Å². The first kappa shape index (κ1) is 12.9. The zero-order valence-corrected chi connectivity index (χ0v) is 10.8. The molecule has 3 nitrogen and oxygen atoms in total. The van der Waals surface area contributed by atoms with E-state index in [0.717, 1.165) is 19.3 Å². The first-order chi connectivity index (χ1) is 8.69. The van der Waals surface area contributed by atoms with Crippen molar-refractivity contribution in [1.82, 2.24) is 5.32 Å². The lowest BCUT2D eigenvalue weighted by atomic mass is 10.1. The Kier molecular flexibility index (Phi) is 4.22. The Morgan fingerprint density at radius 2 is 2.11 bits per heavy atom. The van der Waals surface area contributed by atoms with Gasteiger partial charge in [0, 0.05) is 17.5 Å². The number of rotatable bonds is 3. The molecule has 0 radical (unpaired) electrons. The summed E-state index contributed by atoms with van der Waals surface area (Å²) in [5, 5.41) is 11.9. The lowest BCUT2D eigenvalue weighted by Crippen LogP contribution is -2.28. The summed E-state index contributed by atoms with van der Waals surface area (Å²) in [7, 11) is 0. The first-order valence-corrected chi connectivity index (χ1v) is 6.55. The van der Waals surface area contributed by atoms with Crippen molar-refractivity contribution < 1.29 is 4.79 Å². The van der Waals surface area contributed by atoms with E-state index in [1.54, 1.807) is 24.3 Å². The molecule has 0 spiro atoms. The molecule has 2 rings (SSSR count). The number of halogens is 1. The number of carbonyl (C=O) groups excluding carboxylic acids is 1. The third-order valence-corrected chi connectivity index (χ3v) is 3.70.